The van der Waals surface area contributed by atoms with Gasteiger partial charge in [0.1, 0.15) is 0 Å². The Labute approximate surface area is 101 Å². The van der Waals surface area contributed by atoms with Crippen LogP contribution in [0.4, 0.5) is 5.69 Å². The van der Waals surface area contributed by atoms with Crippen molar-refractivity contribution in [2.24, 2.45) is 0 Å². The third-order valence-electron chi connectivity index (χ3n) is 2.89. The zero-order valence-corrected chi connectivity index (χ0v) is 10.2. The molecule has 0 bridgehead atoms. The van der Waals surface area contributed by atoms with E-state index in [2.05, 4.69) is 17.9 Å². The van der Waals surface area contributed by atoms with Crippen LogP contribution in [0.3, 0.4) is 0 Å². The van der Waals surface area contributed by atoms with Crippen molar-refractivity contribution in [3.05, 3.63) is 40.4 Å². The predicted octanol–water partition coefficient (Wildman–Crippen LogP) is 2.99. The highest BCUT2D eigenvalue weighted by Crippen LogP contribution is 2.27. The van der Waals surface area contributed by atoms with Crippen molar-refractivity contribution < 1.29 is 5.11 Å². The molecule has 1 aliphatic rings. The van der Waals surface area contributed by atoms with E-state index in [0.717, 1.165) is 35.8 Å². The molecule has 1 aromatic rings. The lowest BCUT2D eigenvalue weighted by Crippen LogP contribution is -2.29. The van der Waals surface area contributed by atoms with Gasteiger partial charge >= 0.3 is 0 Å². The summed E-state index contributed by atoms with van der Waals surface area (Å²) in [4.78, 5) is 2.27. The first-order valence-electron chi connectivity index (χ1n) is 5.50. The van der Waals surface area contributed by atoms with Crippen LogP contribution < -0.4 is 4.90 Å². The van der Waals surface area contributed by atoms with Gasteiger partial charge in [-0.3, -0.25) is 0 Å². The fraction of sp³-hybridized carbons (Fsp3) is 0.385. The normalized spacial score (nSPS) is 16.2. The van der Waals surface area contributed by atoms with E-state index in [-0.39, 0.29) is 6.61 Å². The van der Waals surface area contributed by atoms with Crippen LogP contribution in [-0.2, 0) is 6.61 Å². The second-order valence-corrected chi connectivity index (χ2v) is 4.63. The topological polar surface area (TPSA) is 23.5 Å². The number of benzene rings is 1. The summed E-state index contributed by atoms with van der Waals surface area (Å²) in [6.45, 7) is 4.11. The third-order valence-corrected chi connectivity index (χ3v) is 3.13. The number of halogens is 1. The number of nitrogens with zero attached hydrogens (tertiary/aromatic N) is 1. The summed E-state index contributed by atoms with van der Waals surface area (Å²) in [6.07, 6.45) is 3.32. The van der Waals surface area contributed by atoms with E-state index in [0.29, 0.717) is 0 Å². The molecule has 0 saturated heterocycles. The van der Waals surface area contributed by atoms with Gasteiger partial charge in [-0.1, -0.05) is 29.3 Å². The fourth-order valence-corrected chi connectivity index (χ4v) is 2.25. The maximum absolute atomic E-state index is 9.32. The number of aliphatic hydroxyl groups is 1. The van der Waals surface area contributed by atoms with Crippen LogP contribution in [0.5, 0.6) is 0 Å². The zero-order chi connectivity index (χ0) is 11.5. The van der Waals surface area contributed by atoms with Gasteiger partial charge in [-0.15, -0.1) is 0 Å². The first-order valence-corrected chi connectivity index (χ1v) is 5.88. The molecule has 0 fully saturated rings. The molecule has 3 heteroatoms. The highest BCUT2D eigenvalue weighted by molar-refractivity contribution is 6.30. The number of rotatable bonds is 2. The van der Waals surface area contributed by atoms with Gasteiger partial charge in [0.05, 0.1) is 6.61 Å². The molecule has 0 amide bonds. The van der Waals surface area contributed by atoms with Crippen molar-refractivity contribution in [2.75, 3.05) is 18.0 Å². The lowest BCUT2D eigenvalue weighted by Gasteiger charge is -2.30. The summed E-state index contributed by atoms with van der Waals surface area (Å²) in [7, 11) is 0. The number of hydrogen-bond donors (Lipinski definition) is 1. The first-order chi connectivity index (χ1) is 7.70. The van der Waals surface area contributed by atoms with Crippen molar-refractivity contribution in [3.8, 4) is 0 Å². The lowest BCUT2D eigenvalue weighted by molar-refractivity contribution is 0.282. The molecule has 0 aromatic heterocycles. The van der Waals surface area contributed by atoms with Gasteiger partial charge in [0.25, 0.3) is 0 Å². The Morgan fingerprint density at radius 1 is 1.44 bits per heavy atom. The van der Waals surface area contributed by atoms with E-state index in [9.17, 15) is 5.11 Å². The minimum Gasteiger partial charge on any atom is -0.392 e. The minimum absolute atomic E-state index is 0.0613. The second kappa shape index (κ2) is 4.89. The van der Waals surface area contributed by atoms with Crippen LogP contribution in [0.25, 0.3) is 0 Å². The molecule has 16 heavy (non-hydrogen) atoms. The van der Waals surface area contributed by atoms with Crippen molar-refractivity contribution in [1.29, 1.82) is 0 Å². The number of hydrogen-bond acceptors (Lipinski definition) is 2. The molecule has 0 saturated carbocycles. The molecule has 0 radical (unpaired) electrons. The van der Waals surface area contributed by atoms with Crippen LogP contribution in [0.15, 0.2) is 29.8 Å². The predicted molar refractivity (Wildman–Crippen MR) is 68.0 cm³/mol. The van der Waals surface area contributed by atoms with Crippen molar-refractivity contribution in [2.45, 2.75) is 20.0 Å². The Morgan fingerprint density at radius 2 is 2.25 bits per heavy atom. The zero-order valence-electron chi connectivity index (χ0n) is 9.41. The first kappa shape index (κ1) is 11.5. The average molecular weight is 238 g/mol. The molecule has 1 heterocycles. The highest BCUT2D eigenvalue weighted by Gasteiger charge is 2.14. The maximum atomic E-state index is 9.32. The minimum atomic E-state index is 0.0613. The van der Waals surface area contributed by atoms with Gasteiger partial charge in [-0.2, -0.15) is 0 Å². The van der Waals surface area contributed by atoms with Gasteiger partial charge in [0.15, 0.2) is 0 Å². The summed E-state index contributed by atoms with van der Waals surface area (Å²) in [6, 6.07) is 5.65. The third kappa shape index (κ3) is 2.39. The van der Waals surface area contributed by atoms with Crippen molar-refractivity contribution in [1.82, 2.24) is 0 Å². The Hall–Kier alpha value is -0.990. The van der Waals surface area contributed by atoms with Gasteiger partial charge in [0, 0.05) is 29.4 Å². The molecule has 1 aliphatic heterocycles. The second-order valence-electron chi connectivity index (χ2n) is 4.19. The van der Waals surface area contributed by atoms with Crippen LogP contribution >= 0.6 is 11.6 Å². The molecule has 0 atom stereocenters. The molecule has 1 aromatic carbocycles. The fourth-order valence-electron chi connectivity index (χ4n) is 2.08. The van der Waals surface area contributed by atoms with Gasteiger partial charge < -0.3 is 10.0 Å². The monoisotopic (exact) mass is 237 g/mol. The summed E-state index contributed by atoms with van der Waals surface area (Å²) in [5.74, 6) is 0. The largest absolute Gasteiger partial charge is 0.392 e. The molecule has 2 nitrogen and oxygen atoms in total. The average Bonchev–Trinajstić information content (AvgIpc) is 2.29. The number of anilines is 1. The summed E-state index contributed by atoms with van der Waals surface area (Å²) in [5, 5.41) is 10.0. The Morgan fingerprint density at radius 3 is 2.94 bits per heavy atom. The van der Waals surface area contributed by atoms with E-state index in [4.69, 9.17) is 11.6 Å². The Kier molecular flexibility index (Phi) is 3.52. The molecule has 0 aliphatic carbocycles. The molecular weight excluding hydrogens is 222 g/mol. The highest BCUT2D eigenvalue weighted by atomic mass is 35.5. The summed E-state index contributed by atoms with van der Waals surface area (Å²) < 4.78 is 0. The summed E-state index contributed by atoms with van der Waals surface area (Å²) >= 11 is 6.01. The van der Waals surface area contributed by atoms with Crippen LogP contribution in [-0.4, -0.2) is 18.2 Å². The van der Waals surface area contributed by atoms with Crippen LogP contribution in [0.1, 0.15) is 18.9 Å². The summed E-state index contributed by atoms with van der Waals surface area (Å²) in [5.41, 5.74) is 3.37. The lowest BCUT2D eigenvalue weighted by atomic mass is 10.1. The molecule has 2 rings (SSSR count). The maximum Gasteiger partial charge on any atom is 0.0702 e. The molecule has 0 spiro atoms. The van der Waals surface area contributed by atoms with Crippen LogP contribution in [0, 0.1) is 0 Å². The van der Waals surface area contributed by atoms with Gasteiger partial charge in [-0.05, 0) is 25.5 Å². The van der Waals surface area contributed by atoms with E-state index in [1.54, 1.807) is 0 Å². The van der Waals surface area contributed by atoms with E-state index in [1.807, 2.05) is 18.2 Å². The van der Waals surface area contributed by atoms with Gasteiger partial charge in [0.2, 0.25) is 0 Å². The molecule has 0 unspecified atom stereocenters. The Bertz CT molecular complexity index is 414. The van der Waals surface area contributed by atoms with E-state index < -0.39 is 0 Å². The quantitative estimate of drug-likeness (QED) is 0.800. The van der Waals surface area contributed by atoms with Crippen LogP contribution in [0.2, 0.25) is 5.02 Å². The molecule has 1 N–H and O–H groups in total. The van der Waals surface area contributed by atoms with E-state index >= 15 is 0 Å². The van der Waals surface area contributed by atoms with Crippen molar-refractivity contribution in [3.63, 3.8) is 0 Å². The Balaban J connectivity index is 2.31. The number of aliphatic hydroxyl groups excluding tert-OH is 1. The SMILES string of the molecule is CC1=CCCN(c2cc(Cl)ccc2CO)C1. The molecule has 86 valence electrons. The van der Waals surface area contributed by atoms with Gasteiger partial charge in [-0.25, -0.2) is 0 Å². The van der Waals surface area contributed by atoms with E-state index in [1.165, 1.54) is 5.57 Å². The standard InChI is InChI=1S/C13H16ClNO/c1-10-3-2-6-15(8-10)13-7-12(14)5-4-11(13)9-16/h3-5,7,16H,2,6,8-9H2,1H3. The molecular formula is C13H16ClNO. The smallest absolute Gasteiger partial charge is 0.0702 e. The van der Waals surface area contributed by atoms with Crippen molar-refractivity contribution >= 4 is 17.3 Å².